The smallest absolute Gasteiger partial charge is 0.306 e. The minimum absolute atomic E-state index is 0.106. The topological polar surface area (TPSA) is 104 Å². The van der Waals surface area contributed by atoms with E-state index in [9.17, 15) is 22.0 Å². The molecule has 0 saturated heterocycles. The van der Waals surface area contributed by atoms with E-state index in [1.54, 1.807) is 7.05 Å². The van der Waals surface area contributed by atoms with Crippen LogP contribution >= 0.6 is 11.6 Å². The molecular weight excluding hydrogens is 430 g/mol. The summed E-state index contributed by atoms with van der Waals surface area (Å²) in [5.74, 6) is -1.11. The number of rotatable bonds is 6. The van der Waals surface area contributed by atoms with Crippen LogP contribution in [-0.2, 0) is 26.4 Å². The summed E-state index contributed by atoms with van der Waals surface area (Å²) in [6, 6.07) is 5.07. The van der Waals surface area contributed by atoms with Gasteiger partial charge in [-0.2, -0.15) is 5.10 Å². The summed E-state index contributed by atoms with van der Waals surface area (Å²) < 4.78 is 56.6. The molecule has 8 nitrogen and oxygen atoms in total. The second-order valence-electron chi connectivity index (χ2n) is 6.06. The first-order chi connectivity index (χ1) is 13.6. The molecule has 0 amide bonds. The molecule has 0 aliphatic rings. The highest BCUT2D eigenvalue weighted by Gasteiger charge is 2.23. The maximum atomic E-state index is 12.7. The molecule has 0 unspecified atom stereocenters. The molecule has 3 rings (SSSR count). The monoisotopic (exact) mass is 444 g/mol. The van der Waals surface area contributed by atoms with E-state index in [-0.39, 0.29) is 27.7 Å². The summed E-state index contributed by atoms with van der Waals surface area (Å²) in [5.41, 5.74) is 0.370. The molecule has 0 aliphatic heterocycles. The molecule has 2 aromatic heterocycles. The van der Waals surface area contributed by atoms with Gasteiger partial charge in [0.1, 0.15) is 17.1 Å². The summed E-state index contributed by atoms with van der Waals surface area (Å²) in [6.07, 6.45) is -3.08. The standard InChI is InChI=1S/C17H15ClF2N4O4S/c1-24-16-10(15(23-24)12-3-4-13(17(19)20)22-21-12)7-9(8-11(16)18)29(26,27)6-5-14(25)28-2/h3-4,7-8,17H,5-6H2,1-2H3. The average Bonchev–Trinajstić information content (AvgIpc) is 3.03. The number of carbonyl (C=O) groups is 1. The van der Waals surface area contributed by atoms with Crippen LogP contribution in [0.1, 0.15) is 18.5 Å². The molecule has 0 saturated carbocycles. The number of nitrogens with zero attached hydrogens (tertiary/aromatic N) is 4. The lowest BCUT2D eigenvalue weighted by molar-refractivity contribution is -0.140. The Balaban J connectivity index is 2.10. The Kier molecular flexibility index (Phi) is 5.80. The molecule has 3 aromatic rings. The predicted molar refractivity (Wildman–Crippen MR) is 100 cm³/mol. The van der Waals surface area contributed by atoms with Gasteiger partial charge in [0.15, 0.2) is 9.84 Å². The number of alkyl halides is 2. The number of carbonyl (C=O) groups excluding carboxylic acids is 1. The number of esters is 1. The largest absolute Gasteiger partial charge is 0.469 e. The van der Waals surface area contributed by atoms with Crippen molar-refractivity contribution in [3.8, 4) is 11.4 Å². The number of sulfone groups is 1. The molecule has 0 bridgehead atoms. The first-order valence-corrected chi connectivity index (χ1v) is 10.2. The number of ether oxygens (including phenoxy) is 1. The van der Waals surface area contributed by atoms with Crippen molar-refractivity contribution >= 4 is 38.3 Å². The Morgan fingerprint density at radius 2 is 2.00 bits per heavy atom. The summed E-state index contributed by atoms with van der Waals surface area (Å²) in [5, 5.41) is 12.0. The molecule has 2 heterocycles. The molecule has 12 heteroatoms. The summed E-state index contributed by atoms with van der Waals surface area (Å²) in [4.78, 5) is 11.2. The predicted octanol–water partition coefficient (Wildman–Crippen LogP) is 2.96. The highest BCUT2D eigenvalue weighted by atomic mass is 35.5. The molecule has 0 radical (unpaired) electrons. The Hall–Kier alpha value is -2.66. The maximum Gasteiger partial charge on any atom is 0.306 e. The van der Waals surface area contributed by atoms with Gasteiger partial charge in [0.05, 0.1) is 34.7 Å². The van der Waals surface area contributed by atoms with Crippen LogP contribution in [0.5, 0.6) is 0 Å². The minimum atomic E-state index is -3.84. The second kappa shape index (κ2) is 7.99. The van der Waals surface area contributed by atoms with E-state index < -0.39 is 33.7 Å². The Morgan fingerprint density at radius 3 is 2.59 bits per heavy atom. The first-order valence-electron chi connectivity index (χ1n) is 8.22. The van der Waals surface area contributed by atoms with Gasteiger partial charge in [0, 0.05) is 12.4 Å². The van der Waals surface area contributed by atoms with Gasteiger partial charge in [-0.05, 0) is 24.3 Å². The van der Waals surface area contributed by atoms with E-state index in [1.165, 1.54) is 30.0 Å². The molecule has 0 spiro atoms. The van der Waals surface area contributed by atoms with Crippen molar-refractivity contribution in [1.82, 2.24) is 20.0 Å². The number of benzene rings is 1. The van der Waals surface area contributed by atoms with E-state index in [0.29, 0.717) is 10.9 Å². The van der Waals surface area contributed by atoms with Gasteiger partial charge in [-0.15, -0.1) is 10.2 Å². The van der Waals surface area contributed by atoms with Crippen molar-refractivity contribution in [2.24, 2.45) is 7.05 Å². The van der Waals surface area contributed by atoms with Crippen molar-refractivity contribution in [2.45, 2.75) is 17.7 Å². The molecule has 1 aromatic carbocycles. The summed E-state index contributed by atoms with van der Waals surface area (Å²) >= 11 is 6.28. The molecule has 29 heavy (non-hydrogen) atoms. The van der Waals surface area contributed by atoms with Crippen LogP contribution < -0.4 is 0 Å². The molecule has 0 N–H and O–H groups in total. The van der Waals surface area contributed by atoms with Gasteiger partial charge in [-0.1, -0.05) is 11.6 Å². The fraction of sp³-hybridized carbons (Fsp3) is 0.294. The van der Waals surface area contributed by atoms with Gasteiger partial charge in [0.25, 0.3) is 6.43 Å². The Bertz CT molecular complexity index is 1180. The summed E-state index contributed by atoms with van der Waals surface area (Å²) in [6.45, 7) is 0. The third-order valence-electron chi connectivity index (χ3n) is 4.18. The van der Waals surface area contributed by atoms with E-state index >= 15 is 0 Å². The van der Waals surface area contributed by atoms with Gasteiger partial charge in [-0.25, -0.2) is 17.2 Å². The van der Waals surface area contributed by atoms with Gasteiger partial charge in [0.2, 0.25) is 0 Å². The van der Waals surface area contributed by atoms with E-state index in [0.717, 1.165) is 6.07 Å². The van der Waals surface area contributed by atoms with Crippen molar-refractivity contribution in [3.63, 3.8) is 0 Å². The van der Waals surface area contributed by atoms with Gasteiger partial charge < -0.3 is 4.74 Å². The number of hydrogen-bond acceptors (Lipinski definition) is 7. The normalized spacial score (nSPS) is 11.9. The minimum Gasteiger partial charge on any atom is -0.469 e. The number of hydrogen-bond donors (Lipinski definition) is 0. The molecule has 0 aliphatic carbocycles. The first kappa shape index (κ1) is 21.1. The number of fused-ring (bicyclic) bond motifs is 1. The molecule has 0 atom stereocenters. The molecule has 154 valence electrons. The van der Waals surface area contributed by atoms with E-state index in [1.807, 2.05) is 0 Å². The van der Waals surface area contributed by atoms with Crippen molar-refractivity contribution in [2.75, 3.05) is 12.9 Å². The summed E-state index contributed by atoms with van der Waals surface area (Å²) in [7, 11) is -1.08. The van der Waals surface area contributed by atoms with Crippen LogP contribution in [0, 0.1) is 0 Å². The number of halogens is 3. The Labute approximate surface area is 169 Å². The van der Waals surface area contributed by atoms with E-state index in [2.05, 4.69) is 20.0 Å². The van der Waals surface area contributed by atoms with Crippen molar-refractivity contribution in [1.29, 1.82) is 0 Å². The second-order valence-corrected chi connectivity index (χ2v) is 8.58. The third kappa shape index (κ3) is 4.20. The fourth-order valence-corrected chi connectivity index (χ4v) is 4.40. The van der Waals surface area contributed by atoms with Crippen molar-refractivity contribution in [3.05, 3.63) is 35.0 Å². The third-order valence-corrected chi connectivity index (χ3v) is 6.16. The molecular formula is C17H15ClF2N4O4S. The van der Waals surface area contributed by atoms with E-state index in [4.69, 9.17) is 11.6 Å². The quantitative estimate of drug-likeness (QED) is 0.538. The Morgan fingerprint density at radius 1 is 1.28 bits per heavy atom. The van der Waals surface area contributed by atoms with Crippen LogP contribution in [0.3, 0.4) is 0 Å². The lowest BCUT2D eigenvalue weighted by Crippen LogP contribution is -2.12. The van der Waals surface area contributed by atoms with Crippen LogP contribution in [-0.4, -0.2) is 47.2 Å². The van der Waals surface area contributed by atoms with Crippen LogP contribution in [0.25, 0.3) is 22.3 Å². The number of aromatic nitrogens is 4. The van der Waals surface area contributed by atoms with Gasteiger partial charge >= 0.3 is 5.97 Å². The maximum absolute atomic E-state index is 12.7. The lowest BCUT2D eigenvalue weighted by Gasteiger charge is -2.06. The van der Waals surface area contributed by atoms with Crippen molar-refractivity contribution < 1.29 is 26.7 Å². The zero-order chi connectivity index (χ0) is 21.3. The van der Waals surface area contributed by atoms with Crippen LogP contribution in [0.2, 0.25) is 5.02 Å². The fourth-order valence-electron chi connectivity index (χ4n) is 2.73. The number of methoxy groups -OCH3 is 1. The van der Waals surface area contributed by atoms with Gasteiger partial charge in [-0.3, -0.25) is 9.48 Å². The average molecular weight is 445 g/mol. The highest BCUT2D eigenvalue weighted by Crippen LogP contribution is 2.34. The zero-order valence-electron chi connectivity index (χ0n) is 15.3. The molecule has 0 fully saturated rings. The lowest BCUT2D eigenvalue weighted by atomic mass is 10.1. The van der Waals surface area contributed by atoms with Crippen LogP contribution in [0.4, 0.5) is 8.78 Å². The highest BCUT2D eigenvalue weighted by molar-refractivity contribution is 7.91. The SMILES string of the molecule is COC(=O)CCS(=O)(=O)c1cc(Cl)c2c(c1)c(-c1ccc(C(F)F)nn1)nn2C. The van der Waals surface area contributed by atoms with Crippen LogP contribution in [0.15, 0.2) is 29.2 Å². The number of aryl methyl sites for hydroxylation is 1. The zero-order valence-corrected chi connectivity index (χ0v) is 16.8.